The van der Waals surface area contributed by atoms with E-state index in [1.165, 1.54) is 16.7 Å². The van der Waals surface area contributed by atoms with Crippen LogP contribution < -0.4 is 21.9 Å². The largest absolute Gasteiger partial charge is 0.331 e. The van der Waals surface area contributed by atoms with Crippen molar-refractivity contribution in [3.8, 4) is 0 Å². The Morgan fingerprint density at radius 2 is 1.07 bits per heavy atom. The van der Waals surface area contributed by atoms with Crippen LogP contribution in [0.15, 0.2) is 64.2 Å². The van der Waals surface area contributed by atoms with Crippen molar-refractivity contribution in [2.24, 2.45) is 0 Å². The number of rotatable bonds is 22. The molecule has 12 heteroatoms. The van der Waals surface area contributed by atoms with Crippen molar-refractivity contribution in [3.63, 3.8) is 0 Å². The fraction of sp³-hybridized carbons (Fsp3) is 0.515. The van der Waals surface area contributed by atoms with Crippen molar-refractivity contribution < 1.29 is 9.85 Å². The van der Waals surface area contributed by atoms with Gasteiger partial charge in [-0.15, -0.1) is 0 Å². The third kappa shape index (κ3) is 11.7. The Labute approximate surface area is 263 Å². The van der Waals surface area contributed by atoms with Crippen LogP contribution in [-0.2, 0) is 25.9 Å². The summed E-state index contributed by atoms with van der Waals surface area (Å²) in [6.07, 6.45) is 8.20. The van der Waals surface area contributed by atoms with Gasteiger partial charge in [0, 0.05) is 48.1 Å². The molecule has 3 rings (SSSR count). The quantitative estimate of drug-likeness (QED) is 0.0909. The molecule has 0 unspecified atom stereocenters. The Morgan fingerprint density at radius 1 is 0.622 bits per heavy atom. The minimum atomic E-state index is -0.340. The third-order valence-corrected chi connectivity index (χ3v) is 7.93. The lowest BCUT2D eigenvalue weighted by Gasteiger charge is -2.13. The van der Waals surface area contributed by atoms with Crippen LogP contribution in [0.4, 0.5) is 11.4 Å². The van der Waals surface area contributed by atoms with Crippen molar-refractivity contribution in [1.82, 2.24) is 19.8 Å². The second-order valence-corrected chi connectivity index (χ2v) is 11.3. The lowest BCUT2D eigenvalue weighted by molar-refractivity contribution is -0.385. The summed E-state index contributed by atoms with van der Waals surface area (Å²) in [7, 11) is 0. The van der Waals surface area contributed by atoms with E-state index in [-0.39, 0.29) is 32.5 Å². The van der Waals surface area contributed by atoms with Crippen LogP contribution in [0, 0.1) is 27.2 Å². The predicted molar refractivity (Wildman–Crippen MR) is 176 cm³/mol. The van der Waals surface area contributed by atoms with E-state index in [1.807, 2.05) is 12.1 Å². The van der Waals surface area contributed by atoms with Crippen LogP contribution in [-0.4, -0.2) is 45.2 Å². The maximum absolute atomic E-state index is 13.1. The average molecular weight is 623 g/mol. The first-order valence-electron chi connectivity index (χ1n) is 16.0. The molecule has 45 heavy (non-hydrogen) atoms. The van der Waals surface area contributed by atoms with Crippen LogP contribution in [0.2, 0.25) is 0 Å². The Morgan fingerprint density at radius 3 is 1.56 bits per heavy atom. The van der Waals surface area contributed by atoms with E-state index in [0.29, 0.717) is 31.6 Å². The van der Waals surface area contributed by atoms with Gasteiger partial charge in [-0.1, -0.05) is 49.2 Å². The molecule has 2 aromatic carbocycles. The highest BCUT2D eigenvalue weighted by Gasteiger charge is 2.13. The van der Waals surface area contributed by atoms with Gasteiger partial charge >= 0.3 is 5.69 Å². The van der Waals surface area contributed by atoms with E-state index in [4.69, 9.17) is 0 Å². The number of aryl methyl sites for hydroxylation is 3. The van der Waals surface area contributed by atoms with Gasteiger partial charge in [0.25, 0.3) is 16.9 Å². The molecular weight excluding hydrogens is 576 g/mol. The highest BCUT2D eigenvalue weighted by atomic mass is 16.6. The highest BCUT2D eigenvalue weighted by Crippen LogP contribution is 2.19. The van der Waals surface area contributed by atoms with Crippen LogP contribution in [0.5, 0.6) is 0 Å². The summed E-state index contributed by atoms with van der Waals surface area (Å²) in [6, 6.07) is 15.2. The lowest BCUT2D eigenvalue weighted by Crippen LogP contribution is -2.40. The smallest absolute Gasteiger partial charge is 0.317 e. The minimum absolute atomic E-state index is 0.167. The topological polar surface area (TPSA) is 154 Å². The van der Waals surface area contributed by atoms with Crippen LogP contribution >= 0.6 is 0 Å². The maximum atomic E-state index is 13.1. The second kappa shape index (κ2) is 19.3. The lowest BCUT2D eigenvalue weighted by atomic mass is 10.1. The third-order valence-electron chi connectivity index (χ3n) is 7.93. The van der Waals surface area contributed by atoms with Crippen molar-refractivity contribution >= 4 is 11.4 Å². The van der Waals surface area contributed by atoms with Gasteiger partial charge in [0.1, 0.15) is 0 Å². The number of nitro groups is 2. The second-order valence-electron chi connectivity index (χ2n) is 11.3. The summed E-state index contributed by atoms with van der Waals surface area (Å²) in [4.78, 5) is 47.2. The minimum Gasteiger partial charge on any atom is -0.317 e. The number of nitrogens with zero attached hydrogens (tertiary/aromatic N) is 4. The number of hydrogen-bond acceptors (Lipinski definition) is 8. The number of benzene rings is 2. The molecule has 244 valence electrons. The highest BCUT2D eigenvalue weighted by molar-refractivity contribution is 5.40. The van der Waals surface area contributed by atoms with Crippen LogP contribution in [0.3, 0.4) is 0 Å². The van der Waals surface area contributed by atoms with Gasteiger partial charge in [-0.2, -0.15) is 0 Å². The maximum Gasteiger partial charge on any atom is 0.331 e. The summed E-state index contributed by atoms with van der Waals surface area (Å²) in [5.41, 5.74) is 2.02. The first-order valence-corrected chi connectivity index (χ1v) is 16.0. The van der Waals surface area contributed by atoms with Crippen molar-refractivity contribution in [2.45, 2.75) is 84.2 Å². The monoisotopic (exact) mass is 622 g/mol. The van der Waals surface area contributed by atoms with Crippen molar-refractivity contribution in [2.75, 3.05) is 26.2 Å². The molecule has 0 saturated carbocycles. The molecule has 0 radical (unpaired) electrons. The Kier molecular flexibility index (Phi) is 15.1. The predicted octanol–water partition coefficient (Wildman–Crippen LogP) is 4.92. The van der Waals surface area contributed by atoms with Crippen LogP contribution in [0.1, 0.15) is 68.2 Å². The fourth-order valence-electron chi connectivity index (χ4n) is 5.45. The standard InChI is InChI=1S/C33H46N6O6/c1-27-26-32(40)37(25-11-3-9-21-35-23-13-17-29-15-5-7-19-31(29)39(44)45)33(41)36(27)24-10-2-8-20-34-22-12-16-28-14-4-6-18-30(28)38(42)43/h4-7,14-15,18-19,26,34-35H,2-3,8-13,16-17,20-25H2,1H3. The Bertz CT molecular complexity index is 1500. The van der Waals surface area contributed by atoms with E-state index in [9.17, 15) is 29.8 Å². The summed E-state index contributed by atoms with van der Waals surface area (Å²) in [6.45, 7) is 5.97. The van der Waals surface area contributed by atoms with Crippen LogP contribution in [0.25, 0.3) is 0 Å². The van der Waals surface area contributed by atoms with E-state index < -0.39 is 0 Å². The number of hydrogen-bond donors (Lipinski definition) is 2. The zero-order chi connectivity index (χ0) is 32.4. The number of aromatic nitrogens is 2. The number of nitrogens with one attached hydrogen (secondary N) is 2. The van der Waals surface area contributed by atoms with Crippen molar-refractivity contribution in [3.05, 3.63) is 112 Å². The zero-order valence-corrected chi connectivity index (χ0v) is 26.2. The molecule has 3 aromatic rings. The Balaban J connectivity index is 1.28. The fourth-order valence-corrected chi connectivity index (χ4v) is 5.45. The van der Waals surface area contributed by atoms with Gasteiger partial charge < -0.3 is 10.6 Å². The van der Waals surface area contributed by atoms with Gasteiger partial charge in [-0.25, -0.2) is 4.79 Å². The number of unbranched alkanes of at least 4 members (excludes halogenated alkanes) is 4. The molecule has 0 aliphatic carbocycles. The molecule has 2 N–H and O–H groups in total. The SMILES string of the molecule is Cc1cc(=O)n(CCCCCNCCCc2ccccc2[N+](=O)[O-])c(=O)n1CCCCCNCCCc1ccccc1[N+](=O)[O-]. The molecular formula is C33H46N6O6. The van der Waals surface area contributed by atoms with Crippen molar-refractivity contribution in [1.29, 1.82) is 0 Å². The normalized spacial score (nSPS) is 11.1. The van der Waals surface area contributed by atoms with E-state index in [2.05, 4.69) is 10.6 Å². The molecule has 0 fully saturated rings. The summed E-state index contributed by atoms with van der Waals surface area (Å²) < 4.78 is 3.03. The molecule has 0 spiro atoms. The van der Waals surface area contributed by atoms with Gasteiger partial charge in [0.15, 0.2) is 0 Å². The van der Waals surface area contributed by atoms with Gasteiger partial charge in [-0.05, 0) is 84.5 Å². The molecule has 0 atom stereocenters. The molecule has 1 heterocycles. The average Bonchev–Trinajstić information content (AvgIpc) is 3.02. The molecule has 12 nitrogen and oxygen atoms in total. The Hall–Kier alpha value is -4.16. The molecule has 1 aromatic heterocycles. The van der Waals surface area contributed by atoms with E-state index >= 15 is 0 Å². The summed E-state index contributed by atoms with van der Waals surface area (Å²) in [5, 5.41) is 29.0. The molecule has 0 amide bonds. The molecule has 0 aliphatic heterocycles. The van der Waals surface area contributed by atoms with Gasteiger partial charge in [0.05, 0.1) is 9.85 Å². The van der Waals surface area contributed by atoms with E-state index in [0.717, 1.165) is 88.7 Å². The molecule has 0 saturated heterocycles. The van der Waals surface area contributed by atoms with Gasteiger partial charge in [-0.3, -0.25) is 34.2 Å². The zero-order valence-electron chi connectivity index (χ0n) is 26.2. The number of para-hydroxylation sites is 2. The summed E-state index contributed by atoms with van der Waals surface area (Å²) >= 11 is 0. The summed E-state index contributed by atoms with van der Waals surface area (Å²) in [5.74, 6) is 0. The first kappa shape index (κ1) is 35.3. The molecule has 0 aliphatic rings. The van der Waals surface area contributed by atoms with E-state index in [1.54, 1.807) is 41.8 Å². The number of nitro benzene ring substituents is 2. The molecule has 0 bridgehead atoms. The van der Waals surface area contributed by atoms with Gasteiger partial charge in [0.2, 0.25) is 0 Å². The first-order chi connectivity index (χ1) is 21.8.